The molecule has 0 atom stereocenters. The number of nitrogens with zero attached hydrogens (tertiary/aromatic N) is 5. The molecule has 0 fully saturated rings. The van der Waals surface area contributed by atoms with Gasteiger partial charge in [-0.15, -0.1) is 0 Å². The summed E-state index contributed by atoms with van der Waals surface area (Å²) in [6, 6.07) is 0.349. The van der Waals surface area contributed by atoms with E-state index in [0.717, 1.165) is 36.5 Å². The van der Waals surface area contributed by atoms with E-state index in [4.69, 9.17) is 0 Å². The van der Waals surface area contributed by atoms with Crippen LogP contribution in [0.1, 0.15) is 26.3 Å². The van der Waals surface area contributed by atoms with Crippen LogP contribution in [0, 0.1) is 0 Å². The monoisotopic (exact) mass is 262 g/mol. The quantitative estimate of drug-likeness (QED) is 0.804. The number of hydrogen-bond acceptors (Lipinski definition) is 5. The van der Waals surface area contributed by atoms with Crippen LogP contribution in [0.25, 0.3) is 11.2 Å². The molecule has 19 heavy (non-hydrogen) atoms. The van der Waals surface area contributed by atoms with Crippen molar-refractivity contribution in [1.29, 1.82) is 0 Å². The van der Waals surface area contributed by atoms with Gasteiger partial charge >= 0.3 is 0 Å². The van der Waals surface area contributed by atoms with Crippen molar-refractivity contribution >= 4 is 17.0 Å². The highest BCUT2D eigenvalue weighted by Crippen LogP contribution is 2.20. The highest BCUT2D eigenvalue weighted by Gasteiger charge is 2.11. The Morgan fingerprint density at radius 2 is 2.05 bits per heavy atom. The Morgan fingerprint density at radius 3 is 2.74 bits per heavy atom. The van der Waals surface area contributed by atoms with Crippen LogP contribution < -0.4 is 5.32 Å². The van der Waals surface area contributed by atoms with Gasteiger partial charge in [-0.05, 0) is 40.9 Å². The van der Waals surface area contributed by atoms with Gasteiger partial charge in [0, 0.05) is 12.6 Å². The lowest BCUT2D eigenvalue weighted by Crippen LogP contribution is -2.16. The van der Waals surface area contributed by atoms with E-state index in [1.807, 2.05) is 6.33 Å². The molecule has 0 aliphatic heterocycles. The molecule has 0 saturated carbocycles. The van der Waals surface area contributed by atoms with Gasteiger partial charge < -0.3 is 14.8 Å². The van der Waals surface area contributed by atoms with Crippen LogP contribution in [0.3, 0.4) is 0 Å². The number of nitrogens with one attached hydrogen (secondary N) is 1. The third kappa shape index (κ3) is 3.20. The van der Waals surface area contributed by atoms with E-state index in [1.165, 1.54) is 0 Å². The third-order valence-electron chi connectivity index (χ3n) is 2.99. The molecule has 0 bridgehead atoms. The van der Waals surface area contributed by atoms with Gasteiger partial charge in [0.1, 0.15) is 11.8 Å². The average Bonchev–Trinajstić information content (AvgIpc) is 2.79. The zero-order valence-electron chi connectivity index (χ0n) is 12.1. The lowest BCUT2D eigenvalue weighted by atomic mass is 10.3. The Morgan fingerprint density at radius 1 is 1.26 bits per heavy atom. The Kier molecular flexibility index (Phi) is 4.31. The van der Waals surface area contributed by atoms with E-state index in [1.54, 1.807) is 6.33 Å². The predicted molar refractivity (Wildman–Crippen MR) is 77.4 cm³/mol. The highest BCUT2D eigenvalue weighted by molar-refractivity contribution is 5.82. The second-order valence-electron chi connectivity index (χ2n) is 5.22. The summed E-state index contributed by atoms with van der Waals surface area (Å²) in [5.41, 5.74) is 1.74. The molecule has 0 aliphatic carbocycles. The molecule has 0 amide bonds. The number of anilines is 1. The Balaban J connectivity index is 2.11. The minimum Gasteiger partial charge on any atom is -0.368 e. The molecule has 1 N–H and O–H groups in total. The van der Waals surface area contributed by atoms with Crippen molar-refractivity contribution in [2.75, 3.05) is 32.5 Å². The summed E-state index contributed by atoms with van der Waals surface area (Å²) < 4.78 is 2.06. The van der Waals surface area contributed by atoms with Crippen LogP contribution in [-0.2, 0) is 0 Å². The number of hydrogen-bond donors (Lipinski definition) is 1. The molecule has 2 aromatic heterocycles. The van der Waals surface area contributed by atoms with Gasteiger partial charge in [0.2, 0.25) is 0 Å². The standard InChI is InChI=1S/C13H22N6/c1-10(2)19-9-17-11-12(15-8-16-13(11)19)14-6-5-7-18(3)4/h8-10H,5-7H2,1-4H3,(H,14,15,16). The molecular formula is C13H22N6. The molecule has 0 aromatic carbocycles. The van der Waals surface area contributed by atoms with Gasteiger partial charge in [0.15, 0.2) is 11.5 Å². The number of rotatable bonds is 6. The molecule has 2 heterocycles. The minimum atomic E-state index is 0.349. The molecule has 0 aliphatic rings. The summed E-state index contributed by atoms with van der Waals surface area (Å²) in [4.78, 5) is 15.2. The van der Waals surface area contributed by atoms with Gasteiger partial charge in [-0.3, -0.25) is 0 Å². The first kappa shape index (κ1) is 13.7. The third-order valence-corrected chi connectivity index (χ3v) is 2.99. The van der Waals surface area contributed by atoms with E-state index in [9.17, 15) is 0 Å². The maximum absolute atomic E-state index is 4.42. The summed E-state index contributed by atoms with van der Waals surface area (Å²) in [6.07, 6.45) is 4.50. The SMILES string of the molecule is CC(C)n1cnc2c(NCCCN(C)C)ncnc21. The first-order chi connectivity index (χ1) is 9.09. The zero-order chi connectivity index (χ0) is 13.8. The summed E-state index contributed by atoms with van der Waals surface area (Å²) in [5, 5.41) is 3.34. The van der Waals surface area contributed by atoms with Gasteiger partial charge in [0.05, 0.1) is 6.33 Å². The maximum atomic E-state index is 4.42. The molecule has 0 radical (unpaired) electrons. The van der Waals surface area contributed by atoms with Crippen molar-refractivity contribution < 1.29 is 0 Å². The number of imidazole rings is 1. The fraction of sp³-hybridized carbons (Fsp3) is 0.615. The molecule has 104 valence electrons. The topological polar surface area (TPSA) is 58.9 Å². The first-order valence-electron chi connectivity index (χ1n) is 6.65. The summed E-state index contributed by atoms with van der Waals surface area (Å²) in [5.74, 6) is 0.822. The zero-order valence-corrected chi connectivity index (χ0v) is 12.1. The van der Waals surface area contributed by atoms with Crippen LogP contribution in [0.5, 0.6) is 0 Å². The van der Waals surface area contributed by atoms with E-state index in [2.05, 4.69) is 57.7 Å². The molecule has 2 aromatic rings. The first-order valence-corrected chi connectivity index (χ1v) is 6.65. The molecule has 0 saturated heterocycles. The van der Waals surface area contributed by atoms with E-state index in [-0.39, 0.29) is 0 Å². The van der Waals surface area contributed by atoms with Gasteiger partial charge in [-0.25, -0.2) is 15.0 Å². The highest BCUT2D eigenvalue weighted by atomic mass is 15.2. The second kappa shape index (κ2) is 5.97. The average molecular weight is 262 g/mol. The fourth-order valence-corrected chi connectivity index (χ4v) is 1.96. The van der Waals surface area contributed by atoms with Crippen LogP contribution >= 0.6 is 0 Å². The van der Waals surface area contributed by atoms with Crippen molar-refractivity contribution in [2.24, 2.45) is 0 Å². The predicted octanol–water partition coefficient (Wildman–Crippen LogP) is 1.77. The summed E-state index contributed by atoms with van der Waals surface area (Å²) >= 11 is 0. The molecule has 0 unspecified atom stereocenters. The Labute approximate surface area is 113 Å². The molecule has 2 rings (SSSR count). The van der Waals surface area contributed by atoms with Crippen LogP contribution in [0.15, 0.2) is 12.7 Å². The lowest BCUT2D eigenvalue weighted by molar-refractivity contribution is 0.405. The van der Waals surface area contributed by atoms with E-state index >= 15 is 0 Å². The van der Waals surface area contributed by atoms with Crippen molar-refractivity contribution in [1.82, 2.24) is 24.4 Å². The fourth-order valence-electron chi connectivity index (χ4n) is 1.96. The largest absolute Gasteiger partial charge is 0.368 e. The molecule has 0 spiro atoms. The van der Waals surface area contributed by atoms with Gasteiger partial charge in [0.25, 0.3) is 0 Å². The molecule has 6 heteroatoms. The van der Waals surface area contributed by atoms with Crippen LogP contribution in [-0.4, -0.2) is 51.6 Å². The Hall–Kier alpha value is -1.69. The van der Waals surface area contributed by atoms with Gasteiger partial charge in [-0.1, -0.05) is 0 Å². The number of aromatic nitrogens is 4. The van der Waals surface area contributed by atoms with Crippen molar-refractivity contribution in [3.63, 3.8) is 0 Å². The minimum absolute atomic E-state index is 0.349. The van der Waals surface area contributed by atoms with E-state index in [0.29, 0.717) is 6.04 Å². The van der Waals surface area contributed by atoms with Crippen molar-refractivity contribution in [3.8, 4) is 0 Å². The smallest absolute Gasteiger partial charge is 0.165 e. The number of fused-ring (bicyclic) bond motifs is 1. The second-order valence-corrected chi connectivity index (χ2v) is 5.22. The summed E-state index contributed by atoms with van der Waals surface area (Å²) in [7, 11) is 4.15. The van der Waals surface area contributed by atoms with Crippen molar-refractivity contribution in [2.45, 2.75) is 26.3 Å². The van der Waals surface area contributed by atoms with Gasteiger partial charge in [-0.2, -0.15) is 0 Å². The molecular weight excluding hydrogens is 240 g/mol. The van der Waals surface area contributed by atoms with Crippen molar-refractivity contribution in [3.05, 3.63) is 12.7 Å². The Bertz CT molecular complexity index is 531. The van der Waals surface area contributed by atoms with Crippen LogP contribution in [0.4, 0.5) is 5.82 Å². The summed E-state index contributed by atoms with van der Waals surface area (Å²) in [6.45, 7) is 6.18. The van der Waals surface area contributed by atoms with E-state index < -0.39 is 0 Å². The van der Waals surface area contributed by atoms with Crippen LogP contribution in [0.2, 0.25) is 0 Å². The normalized spacial score (nSPS) is 11.7. The molecule has 6 nitrogen and oxygen atoms in total. The maximum Gasteiger partial charge on any atom is 0.165 e. The lowest BCUT2D eigenvalue weighted by Gasteiger charge is -2.10.